The van der Waals surface area contributed by atoms with Crippen LogP contribution in [0, 0.1) is 0 Å². The van der Waals surface area contributed by atoms with Gasteiger partial charge in [-0.2, -0.15) is 5.10 Å². The highest BCUT2D eigenvalue weighted by atomic mass is 35.5. The summed E-state index contributed by atoms with van der Waals surface area (Å²) in [6, 6.07) is 17.6. The van der Waals surface area contributed by atoms with E-state index < -0.39 is 6.04 Å². The molecule has 130 valence electrons. The zero-order chi connectivity index (χ0) is 18.1. The number of aromatic nitrogens is 2. The van der Waals surface area contributed by atoms with Gasteiger partial charge in [0.2, 0.25) is 11.8 Å². The van der Waals surface area contributed by atoms with Crippen molar-refractivity contribution >= 4 is 34.9 Å². The summed E-state index contributed by atoms with van der Waals surface area (Å²) in [6.45, 7) is 0. The van der Waals surface area contributed by atoms with Crippen LogP contribution < -0.4 is 10.6 Å². The first-order valence-electron chi connectivity index (χ1n) is 8.12. The van der Waals surface area contributed by atoms with E-state index in [4.69, 9.17) is 11.6 Å². The molecule has 0 bridgehead atoms. The van der Waals surface area contributed by atoms with Gasteiger partial charge in [-0.25, -0.2) is 4.68 Å². The van der Waals surface area contributed by atoms with E-state index in [0.717, 1.165) is 5.56 Å². The number of nitrogens with one attached hydrogen (secondary N) is 2. The summed E-state index contributed by atoms with van der Waals surface area (Å²) in [4.78, 5) is 24.8. The number of carbonyl (C=O) groups is 2. The molecule has 1 atom stereocenters. The Morgan fingerprint density at radius 1 is 1.15 bits per heavy atom. The van der Waals surface area contributed by atoms with Gasteiger partial charge in [0.15, 0.2) is 0 Å². The molecule has 1 aliphatic rings. The maximum Gasteiger partial charge on any atom is 0.249 e. The number of hydrogen-bond acceptors (Lipinski definition) is 3. The summed E-state index contributed by atoms with van der Waals surface area (Å²) >= 11 is 6.10. The molecule has 1 unspecified atom stereocenters. The lowest BCUT2D eigenvalue weighted by atomic mass is 10.1. The molecule has 26 heavy (non-hydrogen) atoms. The van der Waals surface area contributed by atoms with Crippen LogP contribution in [0.15, 0.2) is 60.7 Å². The molecule has 7 heteroatoms. The van der Waals surface area contributed by atoms with Crippen molar-refractivity contribution < 1.29 is 9.59 Å². The standard InChI is InChI=1S/C19H15ClN4O2/c20-13-8-4-5-9-14(13)21-19(26)16-11-18(25)22-17-10-15(23-24(16)17)12-6-2-1-3-7-12/h1-10,16H,11H2,(H,21,26)(H,22,25). The molecule has 2 heterocycles. The number of amides is 2. The molecular formula is C19H15ClN4O2. The number of fused-ring (bicyclic) bond motifs is 1. The van der Waals surface area contributed by atoms with Crippen molar-refractivity contribution in [3.8, 4) is 11.3 Å². The fourth-order valence-electron chi connectivity index (χ4n) is 2.91. The van der Waals surface area contributed by atoms with Gasteiger partial charge in [-0.1, -0.05) is 54.1 Å². The summed E-state index contributed by atoms with van der Waals surface area (Å²) in [5.74, 6) is -0.0624. The van der Waals surface area contributed by atoms with E-state index in [1.807, 2.05) is 30.3 Å². The molecule has 1 aromatic heterocycles. The van der Waals surface area contributed by atoms with Crippen LogP contribution in [0.3, 0.4) is 0 Å². The second-order valence-electron chi connectivity index (χ2n) is 5.96. The fourth-order valence-corrected chi connectivity index (χ4v) is 3.10. The van der Waals surface area contributed by atoms with Gasteiger partial charge in [0.05, 0.1) is 22.8 Å². The van der Waals surface area contributed by atoms with Crippen molar-refractivity contribution in [3.63, 3.8) is 0 Å². The number of para-hydroxylation sites is 1. The van der Waals surface area contributed by atoms with E-state index in [2.05, 4.69) is 15.7 Å². The van der Waals surface area contributed by atoms with Crippen LogP contribution in [-0.4, -0.2) is 21.6 Å². The van der Waals surface area contributed by atoms with Crippen molar-refractivity contribution in [3.05, 3.63) is 65.7 Å². The van der Waals surface area contributed by atoms with Crippen LogP contribution in [0.4, 0.5) is 11.5 Å². The van der Waals surface area contributed by atoms with Gasteiger partial charge in [-0.05, 0) is 12.1 Å². The Balaban J connectivity index is 1.66. The third-order valence-electron chi connectivity index (χ3n) is 4.18. The Hall–Kier alpha value is -3.12. The van der Waals surface area contributed by atoms with E-state index in [-0.39, 0.29) is 18.2 Å². The van der Waals surface area contributed by atoms with E-state index >= 15 is 0 Å². The van der Waals surface area contributed by atoms with Crippen LogP contribution in [0.2, 0.25) is 5.02 Å². The Morgan fingerprint density at radius 3 is 2.65 bits per heavy atom. The molecule has 0 fully saturated rings. The van der Waals surface area contributed by atoms with Gasteiger partial charge in [-0.15, -0.1) is 0 Å². The van der Waals surface area contributed by atoms with Gasteiger partial charge >= 0.3 is 0 Å². The Labute approximate surface area is 154 Å². The summed E-state index contributed by atoms with van der Waals surface area (Å²) in [5.41, 5.74) is 2.11. The maximum absolute atomic E-state index is 12.8. The summed E-state index contributed by atoms with van der Waals surface area (Å²) < 4.78 is 1.55. The zero-order valence-corrected chi connectivity index (χ0v) is 14.4. The normalized spacial score (nSPS) is 15.9. The number of nitrogens with zero attached hydrogens (tertiary/aromatic N) is 2. The zero-order valence-electron chi connectivity index (χ0n) is 13.6. The second kappa shape index (κ2) is 6.65. The van der Waals surface area contributed by atoms with Gasteiger partial charge in [-0.3, -0.25) is 9.59 Å². The quantitative estimate of drug-likeness (QED) is 0.741. The molecule has 2 N–H and O–H groups in total. The monoisotopic (exact) mass is 366 g/mol. The molecule has 3 aromatic rings. The Morgan fingerprint density at radius 2 is 1.88 bits per heavy atom. The maximum atomic E-state index is 12.8. The molecule has 1 aliphatic heterocycles. The average Bonchev–Trinajstić information content (AvgIpc) is 3.07. The van der Waals surface area contributed by atoms with Crippen molar-refractivity contribution in [2.24, 2.45) is 0 Å². The number of carbonyl (C=O) groups excluding carboxylic acids is 2. The van der Waals surface area contributed by atoms with Crippen LogP contribution >= 0.6 is 11.6 Å². The first-order valence-corrected chi connectivity index (χ1v) is 8.50. The minimum absolute atomic E-state index is 0.0131. The smallest absolute Gasteiger partial charge is 0.249 e. The van der Waals surface area contributed by atoms with Crippen molar-refractivity contribution in [1.29, 1.82) is 0 Å². The molecule has 0 spiro atoms. The minimum atomic E-state index is -0.743. The number of anilines is 2. The number of hydrogen-bond donors (Lipinski definition) is 2. The lowest BCUT2D eigenvalue weighted by molar-refractivity contribution is -0.125. The summed E-state index contributed by atoms with van der Waals surface area (Å²) in [7, 11) is 0. The highest BCUT2D eigenvalue weighted by Gasteiger charge is 2.32. The SMILES string of the molecule is O=C1CC(C(=O)Nc2ccccc2Cl)n2nc(-c3ccccc3)cc2N1. The number of rotatable bonds is 3. The first-order chi connectivity index (χ1) is 12.6. The molecule has 0 aliphatic carbocycles. The first kappa shape index (κ1) is 16.4. The predicted molar refractivity (Wildman–Crippen MR) is 100 cm³/mol. The topological polar surface area (TPSA) is 76.0 Å². The van der Waals surface area contributed by atoms with E-state index in [9.17, 15) is 9.59 Å². The van der Waals surface area contributed by atoms with Crippen molar-refractivity contribution in [2.75, 3.05) is 10.6 Å². The lowest BCUT2D eigenvalue weighted by Crippen LogP contribution is -2.35. The predicted octanol–water partition coefficient (Wildman–Crippen LogP) is 3.73. The van der Waals surface area contributed by atoms with Crippen molar-refractivity contribution in [1.82, 2.24) is 9.78 Å². The molecular weight excluding hydrogens is 352 g/mol. The molecule has 2 amide bonds. The summed E-state index contributed by atoms with van der Waals surface area (Å²) in [6.07, 6.45) is 0.0131. The largest absolute Gasteiger partial charge is 0.323 e. The van der Waals surface area contributed by atoms with Crippen LogP contribution in [0.25, 0.3) is 11.3 Å². The molecule has 0 radical (unpaired) electrons. The third-order valence-corrected chi connectivity index (χ3v) is 4.51. The van der Waals surface area contributed by atoms with Crippen molar-refractivity contribution in [2.45, 2.75) is 12.5 Å². The molecule has 0 saturated heterocycles. The fraction of sp³-hybridized carbons (Fsp3) is 0.105. The average molecular weight is 367 g/mol. The van der Waals surface area contributed by atoms with E-state index in [1.165, 1.54) is 0 Å². The molecule has 6 nitrogen and oxygen atoms in total. The van der Waals surface area contributed by atoms with Gasteiger partial charge in [0, 0.05) is 11.6 Å². The lowest BCUT2D eigenvalue weighted by Gasteiger charge is -2.23. The summed E-state index contributed by atoms with van der Waals surface area (Å²) in [5, 5.41) is 10.5. The van der Waals surface area contributed by atoms with Gasteiger partial charge in [0.25, 0.3) is 0 Å². The number of benzene rings is 2. The van der Waals surface area contributed by atoms with E-state index in [0.29, 0.717) is 22.2 Å². The molecule has 2 aromatic carbocycles. The minimum Gasteiger partial charge on any atom is -0.323 e. The molecule has 4 rings (SSSR count). The molecule has 0 saturated carbocycles. The van der Waals surface area contributed by atoms with Gasteiger partial charge < -0.3 is 10.6 Å². The second-order valence-corrected chi connectivity index (χ2v) is 6.37. The number of halogens is 1. The third kappa shape index (κ3) is 3.07. The highest BCUT2D eigenvalue weighted by Crippen LogP contribution is 2.30. The Bertz CT molecular complexity index is 984. The Kier molecular flexibility index (Phi) is 4.18. The van der Waals surface area contributed by atoms with Crippen LogP contribution in [0.5, 0.6) is 0 Å². The van der Waals surface area contributed by atoms with Crippen LogP contribution in [0.1, 0.15) is 12.5 Å². The highest BCUT2D eigenvalue weighted by molar-refractivity contribution is 6.33. The van der Waals surface area contributed by atoms with E-state index in [1.54, 1.807) is 35.0 Å². The van der Waals surface area contributed by atoms with Crippen LogP contribution in [-0.2, 0) is 9.59 Å². The van der Waals surface area contributed by atoms with Gasteiger partial charge in [0.1, 0.15) is 11.9 Å².